The summed E-state index contributed by atoms with van der Waals surface area (Å²) in [4.78, 5) is 37.1. The largest absolute Gasteiger partial charge is 0.355 e. The number of carbonyl (C=O) groups is 3. The van der Waals surface area contributed by atoms with E-state index in [0.29, 0.717) is 15.4 Å². The van der Waals surface area contributed by atoms with Crippen LogP contribution in [0.15, 0.2) is 42.5 Å². The van der Waals surface area contributed by atoms with Crippen LogP contribution in [0.1, 0.15) is 36.0 Å². The average Bonchev–Trinajstić information content (AvgIpc) is 3.08. The number of aryl methyl sites for hydroxylation is 1. The Bertz CT molecular complexity index is 1200. The van der Waals surface area contributed by atoms with Crippen LogP contribution in [0.5, 0.6) is 0 Å². The number of halogens is 3. The minimum atomic E-state index is -0.714. The lowest BCUT2D eigenvalue weighted by Gasteiger charge is -2.08. The molecule has 3 amide bonds. The van der Waals surface area contributed by atoms with Crippen LogP contribution in [0.2, 0.25) is 5.02 Å². The van der Waals surface area contributed by atoms with Crippen molar-refractivity contribution in [1.29, 1.82) is 0 Å². The second-order valence-corrected chi connectivity index (χ2v) is 7.89. The summed E-state index contributed by atoms with van der Waals surface area (Å²) in [6, 6.07) is 8.67. The molecule has 0 radical (unpaired) electrons. The molecule has 0 aliphatic rings. The Morgan fingerprint density at radius 2 is 1.65 bits per heavy atom. The average molecular weight is 464 g/mol. The first-order chi connectivity index (χ1) is 14.7. The Morgan fingerprint density at radius 1 is 0.903 bits per heavy atom. The number of rotatable bonds is 5. The van der Waals surface area contributed by atoms with Crippen LogP contribution < -0.4 is 16.0 Å². The van der Waals surface area contributed by atoms with Crippen LogP contribution >= 0.6 is 22.9 Å². The van der Waals surface area contributed by atoms with Gasteiger partial charge in [-0.2, -0.15) is 0 Å². The highest BCUT2D eigenvalue weighted by Crippen LogP contribution is 2.29. The monoisotopic (exact) mass is 463 g/mol. The second kappa shape index (κ2) is 9.23. The second-order valence-electron chi connectivity index (χ2n) is 6.43. The summed E-state index contributed by atoms with van der Waals surface area (Å²) in [6.07, 6.45) is 0. The van der Waals surface area contributed by atoms with E-state index < -0.39 is 29.4 Å². The van der Waals surface area contributed by atoms with E-state index in [0.717, 1.165) is 29.5 Å². The molecule has 0 aliphatic carbocycles. The molecule has 3 aromatic rings. The van der Waals surface area contributed by atoms with Gasteiger partial charge >= 0.3 is 0 Å². The maximum Gasteiger partial charge on any atom is 0.266 e. The molecule has 1 heterocycles. The quantitative estimate of drug-likeness (QED) is 0.505. The molecule has 6 nitrogen and oxygen atoms in total. The summed E-state index contributed by atoms with van der Waals surface area (Å²) in [6.45, 7) is 1.69. The Hall–Kier alpha value is -3.30. The Labute approximate surface area is 185 Å². The first kappa shape index (κ1) is 22.4. The van der Waals surface area contributed by atoms with Gasteiger partial charge in [-0.3, -0.25) is 14.4 Å². The molecule has 10 heteroatoms. The van der Waals surface area contributed by atoms with Gasteiger partial charge in [-0.05, 0) is 55.0 Å². The molecule has 0 atom stereocenters. The van der Waals surface area contributed by atoms with Crippen molar-refractivity contribution in [2.45, 2.75) is 6.92 Å². The summed E-state index contributed by atoms with van der Waals surface area (Å²) in [5.74, 6) is -2.93. The van der Waals surface area contributed by atoms with Crippen molar-refractivity contribution in [2.75, 3.05) is 17.7 Å². The predicted molar refractivity (Wildman–Crippen MR) is 116 cm³/mol. The first-order valence-electron chi connectivity index (χ1n) is 8.89. The number of carbonyl (C=O) groups excluding carboxylic acids is 3. The zero-order valence-electron chi connectivity index (χ0n) is 16.3. The fraction of sp³-hybridized carbons (Fsp3) is 0.0952. The van der Waals surface area contributed by atoms with E-state index in [2.05, 4.69) is 16.0 Å². The Balaban J connectivity index is 1.77. The molecule has 0 spiro atoms. The molecule has 0 saturated carbocycles. The van der Waals surface area contributed by atoms with E-state index in [-0.39, 0.29) is 21.8 Å². The summed E-state index contributed by atoms with van der Waals surface area (Å²) < 4.78 is 27.0. The van der Waals surface area contributed by atoms with Crippen molar-refractivity contribution < 1.29 is 23.2 Å². The zero-order chi connectivity index (χ0) is 22.7. The first-order valence-corrected chi connectivity index (χ1v) is 10.1. The number of hydrogen-bond donors (Lipinski definition) is 3. The SMILES string of the molecule is CNC(=O)c1cc(NC(=O)c2sc(NC(=O)c3ccc(F)cc3Cl)cc2C)ccc1F. The van der Waals surface area contributed by atoms with Crippen LogP contribution in [0.3, 0.4) is 0 Å². The number of anilines is 2. The number of benzene rings is 2. The number of thiophene rings is 1. The molecule has 31 heavy (non-hydrogen) atoms. The van der Waals surface area contributed by atoms with Gasteiger partial charge in [-0.1, -0.05) is 11.6 Å². The van der Waals surface area contributed by atoms with Gasteiger partial charge in [0.1, 0.15) is 11.6 Å². The molecule has 1 aromatic heterocycles. The topological polar surface area (TPSA) is 87.3 Å². The van der Waals surface area contributed by atoms with E-state index in [1.807, 2.05) is 0 Å². The molecule has 0 saturated heterocycles. The maximum atomic E-state index is 13.8. The lowest BCUT2D eigenvalue weighted by Crippen LogP contribution is -2.20. The highest BCUT2D eigenvalue weighted by Gasteiger charge is 2.18. The van der Waals surface area contributed by atoms with Gasteiger partial charge in [-0.15, -0.1) is 11.3 Å². The van der Waals surface area contributed by atoms with E-state index in [1.165, 1.54) is 25.2 Å². The predicted octanol–water partition coefficient (Wildman–Crippen LogP) is 4.85. The molecule has 0 bridgehead atoms. The van der Waals surface area contributed by atoms with Crippen molar-refractivity contribution >= 4 is 51.3 Å². The van der Waals surface area contributed by atoms with Gasteiger partial charge in [0.05, 0.1) is 26.0 Å². The van der Waals surface area contributed by atoms with Crippen LogP contribution in [0, 0.1) is 18.6 Å². The van der Waals surface area contributed by atoms with Gasteiger partial charge in [-0.25, -0.2) is 8.78 Å². The van der Waals surface area contributed by atoms with Crippen LogP contribution in [-0.2, 0) is 0 Å². The van der Waals surface area contributed by atoms with E-state index >= 15 is 0 Å². The molecule has 2 aromatic carbocycles. The number of hydrogen-bond acceptors (Lipinski definition) is 4. The maximum absolute atomic E-state index is 13.8. The fourth-order valence-corrected chi connectivity index (χ4v) is 3.94. The van der Waals surface area contributed by atoms with Crippen LogP contribution in [0.4, 0.5) is 19.5 Å². The van der Waals surface area contributed by atoms with Gasteiger partial charge in [0.15, 0.2) is 0 Å². The van der Waals surface area contributed by atoms with Gasteiger partial charge in [0.2, 0.25) is 0 Å². The van der Waals surface area contributed by atoms with E-state index in [1.54, 1.807) is 13.0 Å². The molecule has 0 unspecified atom stereocenters. The van der Waals surface area contributed by atoms with Gasteiger partial charge < -0.3 is 16.0 Å². The third kappa shape index (κ3) is 5.07. The molecule has 3 N–H and O–H groups in total. The lowest BCUT2D eigenvalue weighted by molar-refractivity contribution is 0.0956. The van der Waals surface area contributed by atoms with Crippen molar-refractivity contribution in [3.05, 3.63) is 80.7 Å². The third-order valence-corrected chi connectivity index (χ3v) is 5.70. The summed E-state index contributed by atoms with van der Waals surface area (Å²) in [5, 5.41) is 7.91. The minimum absolute atomic E-state index is 0.0352. The normalized spacial score (nSPS) is 10.5. The van der Waals surface area contributed by atoms with Crippen LogP contribution in [-0.4, -0.2) is 24.8 Å². The van der Waals surface area contributed by atoms with Crippen molar-refractivity contribution in [1.82, 2.24) is 5.32 Å². The lowest BCUT2D eigenvalue weighted by atomic mass is 10.1. The molecule has 3 rings (SSSR count). The summed E-state index contributed by atoms with van der Waals surface area (Å²) in [5.41, 5.74) is 0.721. The summed E-state index contributed by atoms with van der Waals surface area (Å²) >= 11 is 6.93. The molecular weight excluding hydrogens is 448 g/mol. The van der Waals surface area contributed by atoms with Crippen molar-refractivity contribution in [2.24, 2.45) is 0 Å². The number of amides is 3. The standard InChI is InChI=1S/C21H16ClF2N3O3S/c1-10-7-17(27-20(29)13-5-3-11(23)8-15(13)22)31-18(10)21(30)26-12-4-6-16(24)14(9-12)19(28)25-2/h3-9H,1-2H3,(H,25,28)(H,26,30)(H,27,29). The van der Waals surface area contributed by atoms with Gasteiger partial charge in [0.25, 0.3) is 17.7 Å². The Kier molecular flexibility index (Phi) is 6.67. The fourth-order valence-electron chi connectivity index (χ4n) is 2.72. The minimum Gasteiger partial charge on any atom is -0.355 e. The van der Waals surface area contributed by atoms with Crippen molar-refractivity contribution in [3.63, 3.8) is 0 Å². The van der Waals surface area contributed by atoms with Crippen molar-refractivity contribution in [3.8, 4) is 0 Å². The Morgan fingerprint density at radius 3 is 2.32 bits per heavy atom. The smallest absolute Gasteiger partial charge is 0.266 e. The highest BCUT2D eigenvalue weighted by molar-refractivity contribution is 7.18. The third-order valence-electron chi connectivity index (χ3n) is 4.23. The highest BCUT2D eigenvalue weighted by atomic mass is 35.5. The van der Waals surface area contributed by atoms with E-state index in [9.17, 15) is 23.2 Å². The summed E-state index contributed by atoms with van der Waals surface area (Å²) in [7, 11) is 1.37. The van der Waals surface area contributed by atoms with E-state index in [4.69, 9.17) is 11.6 Å². The zero-order valence-corrected chi connectivity index (χ0v) is 17.9. The number of nitrogens with one attached hydrogen (secondary N) is 3. The molecule has 0 aliphatic heterocycles. The molecule has 0 fully saturated rings. The molecule has 160 valence electrons. The molecular formula is C21H16ClF2N3O3S. The van der Waals surface area contributed by atoms with Gasteiger partial charge in [0, 0.05) is 12.7 Å². The van der Waals surface area contributed by atoms with Crippen LogP contribution in [0.25, 0.3) is 0 Å².